The molecule has 0 saturated heterocycles. The van der Waals surface area contributed by atoms with E-state index in [2.05, 4.69) is 6.92 Å². The molecule has 0 radical (unpaired) electrons. The van der Waals surface area contributed by atoms with Crippen LogP contribution < -0.4 is 0 Å². The fourth-order valence-electron chi connectivity index (χ4n) is 5.49. The third-order valence-corrected chi connectivity index (χ3v) is 5.60. The van der Waals surface area contributed by atoms with Crippen LogP contribution in [0.3, 0.4) is 0 Å². The first kappa shape index (κ1) is 4.79. The van der Waals surface area contributed by atoms with Crippen LogP contribution in [0.4, 0.5) is 0 Å². The van der Waals surface area contributed by atoms with Crippen LogP contribution >= 0.6 is 0 Å². The van der Waals surface area contributed by atoms with Gasteiger partial charge in [0.2, 0.25) is 0 Å². The van der Waals surface area contributed by atoms with Crippen molar-refractivity contribution < 1.29 is 0 Å². The van der Waals surface area contributed by atoms with Crippen molar-refractivity contribution in [3.63, 3.8) is 0 Å². The molecule has 0 aromatic rings. The van der Waals surface area contributed by atoms with Crippen molar-refractivity contribution in [2.24, 2.45) is 28.6 Å². The van der Waals surface area contributed by atoms with Gasteiger partial charge in [0.15, 0.2) is 0 Å². The Labute approximate surface area is 62.0 Å². The fourth-order valence-corrected chi connectivity index (χ4v) is 5.49. The van der Waals surface area contributed by atoms with E-state index in [1.165, 1.54) is 17.8 Å². The molecular weight excluding hydrogens is 120 g/mol. The maximum absolute atomic E-state index is 2.55. The van der Waals surface area contributed by atoms with Gasteiger partial charge in [-0.15, -0.1) is 0 Å². The largest absolute Gasteiger partial charge is 0.0591 e. The second-order valence-corrected chi connectivity index (χ2v) is 5.46. The summed E-state index contributed by atoms with van der Waals surface area (Å²) < 4.78 is 0. The second kappa shape index (κ2) is 0.922. The van der Waals surface area contributed by atoms with Gasteiger partial charge in [-0.1, -0.05) is 6.92 Å². The minimum absolute atomic E-state index is 0.878. The van der Waals surface area contributed by atoms with E-state index in [-0.39, 0.29) is 0 Å². The van der Waals surface area contributed by atoms with Gasteiger partial charge in [0.1, 0.15) is 0 Å². The van der Waals surface area contributed by atoms with Crippen LogP contribution in [0.5, 0.6) is 0 Å². The molecule has 0 heteroatoms. The normalized spacial score (nSPS) is 80.7. The highest BCUT2D eigenvalue weighted by atomic mass is 14.9. The molecule has 0 aromatic heterocycles. The van der Waals surface area contributed by atoms with Gasteiger partial charge >= 0.3 is 0 Å². The van der Waals surface area contributed by atoms with E-state index in [0.29, 0.717) is 0 Å². The lowest BCUT2D eigenvalue weighted by Gasteiger charge is -2.91. The minimum atomic E-state index is 0.878. The molecule has 54 valence electrons. The molecule has 0 heterocycles. The summed E-state index contributed by atoms with van der Waals surface area (Å²) in [5, 5.41) is 0. The summed E-state index contributed by atoms with van der Waals surface area (Å²) in [7, 11) is 0. The van der Waals surface area contributed by atoms with Crippen molar-refractivity contribution in [1.29, 1.82) is 0 Å². The van der Waals surface area contributed by atoms with Crippen molar-refractivity contribution in [3.8, 4) is 0 Å². The summed E-state index contributed by atoms with van der Waals surface area (Å²) in [6.07, 6.45) is 6.43. The third-order valence-electron chi connectivity index (χ3n) is 5.60. The fraction of sp³-hybridized carbons (Fsp3) is 1.00. The maximum Gasteiger partial charge on any atom is -0.0158 e. The Morgan fingerprint density at radius 1 is 1.00 bits per heavy atom. The zero-order valence-corrected chi connectivity index (χ0v) is 6.56. The molecule has 0 aromatic carbocycles. The summed E-state index contributed by atoms with van der Waals surface area (Å²) >= 11 is 0. The van der Waals surface area contributed by atoms with Gasteiger partial charge in [0.05, 0.1) is 0 Å². The summed E-state index contributed by atoms with van der Waals surface area (Å²) in [6.45, 7) is 2.55. The molecule has 4 aliphatic rings. The van der Waals surface area contributed by atoms with Crippen molar-refractivity contribution in [3.05, 3.63) is 0 Å². The molecule has 0 nitrogen and oxygen atoms in total. The van der Waals surface area contributed by atoms with Gasteiger partial charge in [-0.3, -0.25) is 0 Å². The van der Waals surface area contributed by atoms with Crippen LogP contribution in [-0.4, -0.2) is 0 Å². The standard InChI is InChI=1S/C10H14/c1-9-4-7-2-6-3-8(5-9)10(6,7)9/h6-8H,2-5H2,1H3/t6?,7-,8?,9?,10?/m1/s1. The molecule has 4 rings (SSSR count). The smallest absolute Gasteiger partial charge is 0.0158 e. The van der Waals surface area contributed by atoms with Crippen LogP contribution in [0.1, 0.15) is 32.6 Å². The van der Waals surface area contributed by atoms with Gasteiger partial charge < -0.3 is 0 Å². The Kier molecular flexibility index (Phi) is 0.442. The highest BCUT2D eigenvalue weighted by molar-refractivity contribution is 5.33. The van der Waals surface area contributed by atoms with E-state index in [1.54, 1.807) is 25.7 Å². The number of hydrogen-bond acceptors (Lipinski definition) is 0. The summed E-state index contributed by atoms with van der Waals surface area (Å²) in [4.78, 5) is 0. The molecule has 4 unspecified atom stereocenters. The lowest BCUT2D eigenvalue weighted by Crippen LogP contribution is -2.84. The van der Waals surface area contributed by atoms with Crippen molar-refractivity contribution in [1.82, 2.24) is 0 Å². The highest BCUT2D eigenvalue weighted by Gasteiger charge is 2.85. The van der Waals surface area contributed by atoms with E-state index in [1.807, 2.05) is 0 Å². The molecule has 1 spiro atoms. The predicted octanol–water partition coefficient (Wildman–Crippen LogP) is 2.44. The summed E-state index contributed by atoms with van der Waals surface area (Å²) in [5.41, 5.74) is 1.87. The SMILES string of the molecule is CC12CC3CC4C[C@H](C1)C432. The van der Waals surface area contributed by atoms with Crippen LogP contribution in [0.25, 0.3) is 0 Å². The van der Waals surface area contributed by atoms with Crippen molar-refractivity contribution >= 4 is 0 Å². The maximum atomic E-state index is 2.55. The van der Waals surface area contributed by atoms with Gasteiger partial charge in [0, 0.05) is 0 Å². The van der Waals surface area contributed by atoms with E-state index >= 15 is 0 Å². The second-order valence-electron chi connectivity index (χ2n) is 5.46. The lowest BCUT2D eigenvalue weighted by atomic mass is 9.14. The monoisotopic (exact) mass is 134 g/mol. The first-order valence-electron chi connectivity index (χ1n) is 4.77. The third kappa shape index (κ3) is 0.194. The van der Waals surface area contributed by atoms with Crippen LogP contribution in [0.2, 0.25) is 0 Å². The number of rotatable bonds is 0. The molecule has 4 aliphatic carbocycles. The molecule has 10 heavy (non-hydrogen) atoms. The average molecular weight is 134 g/mol. The first-order chi connectivity index (χ1) is 4.77. The van der Waals surface area contributed by atoms with E-state index in [9.17, 15) is 0 Å². The Morgan fingerprint density at radius 3 is 1.80 bits per heavy atom. The predicted molar refractivity (Wildman–Crippen MR) is 39.5 cm³/mol. The molecule has 0 N–H and O–H groups in total. The highest BCUT2D eigenvalue weighted by Crippen LogP contribution is 2.92. The van der Waals surface area contributed by atoms with Crippen LogP contribution in [0.15, 0.2) is 0 Å². The van der Waals surface area contributed by atoms with E-state index < -0.39 is 0 Å². The molecule has 5 atom stereocenters. The lowest BCUT2D eigenvalue weighted by molar-refractivity contribution is -0.425. The molecule has 0 bridgehead atoms. The van der Waals surface area contributed by atoms with Gasteiger partial charge in [0.25, 0.3) is 0 Å². The average Bonchev–Trinajstić information content (AvgIpc) is 1.73. The Balaban J connectivity index is 1.89. The Morgan fingerprint density at radius 2 is 1.60 bits per heavy atom. The van der Waals surface area contributed by atoms with Gasteiger partial charge in [-0.05, 0) is 54.3 Å². The van der Waals surface area contributed by atoms with E-state index in [0.717, 1.165) is 10.8 Å². The van der Waals surface area contributed by atoms with Crippen LogP contribution in [-0.2, 0) is 0 Å². The minimum Gasteiger partial charge on any atom is -0.0591 e. The Bertz CT molecular complexity index is 203. The zero-order chi connectivity index (χ0) is 6.56. The van der Waals surface area contributed by atoms with Crippen LogP contribution in [0, 0.1) is 28.6 Å². The van der Waals surface area contributed by atoms with Gasteiger partial charge in [-0.2, -0.15) is 0 Å². The quantitative estimate of drug-likeness (QED) is 0.477. The van der Waals surface area contributed by atoms with Crippen molar-refractivity contribution in [2.45, 2.75) is 32.6 Å². The first-order valence-corrected chi connectivity index (χ1v) is 4.77. The Hall–Kier alpha value is 0. The molecule has 4 fully saturated rings. The topological polar surface area (TPSA) is 0 Å². The number of hydrogen-bond donors (Lipinski definition) is 0. The molecular formula is C10H14. The van der Waals surface area contributed by atoms with Crippen molar-refractivity contribution in [2.75, 3.05) is 0 Å². The van der Waals surface area contributed by atoms with Gasteiger partial charge in [-0.25, -0.2) is 0 Å². The molecule has 0 amide bonds. The zero-order valence-electron chi connectivity index (χ0n) is 6.56. The molecule has 0 aliphatic heterocycles. The van der Waals surface area contributed by atoms with E-state index in [4.69, 9.17) is 0 Å². The molecule has 4 saturated carbocycles. The summed E-state index contributed by atoms with van der Waals surface area (Å²) in [5.74, 6) is 3.65. The summed E-state index contributed by atoms with van der Waals surface area (Å²) in [6, 6.07) is 0.